The summed E-state index contributed by atoms with van der Waals surface area (Å²) in [6.07, 6.45) is 10.4. The van der Waals surface area contributed by atoms with Crippen molar-refractivity contribution in [2.24, 2.45) is 0 Å². The normalized spacial score (nSPS) is 27.2. The Labute approximate surface area is 200 Å². The summed E-state index contributed by atoms with van der Waals surface area (Å²) in [7, 11) is -3.21. The molecule has 0 spiro atoms. The molecule has 1 aliphatic carbocycles. The minimum Gasteiger partial charge on any atom is -0.474 e. The summed E-state index contributed by atoms with van der Waals surface area (Å²) in [5.74, 6) is 1.29. The van der Waals surface area contributed by atoms with Gasteiger partial charge < -0.3 is 19.9 Å². The number of nitrogens with zero attached hydrogens (tertiary/aromatic N) is 4. The van der Waals surface area contributed by atoms with Crippen molar-refractivity contribution in [2.45, 2.75) is 69.1 Å². The van der Waals surface area contributed by atoms with Gasteiger partial charge in [-0.2, -0.15) is 0 Å². The minimum atomic E-state index is -3.21. The lowest BCUT2D eigenvalue weighted by molar-refractivity contribution is 0.0244. The van der Waals surface area contributed by atoms with Crippen molar-refractivity contribution >= 4 is 26.9 Å². The van der Waals surface area contributed by atoms with Crippen LogP contribution in [0, 0.1) is 0 Å². The maximum absolute atomic E-state index is 11.9. The second-order valence-corrected chi connectivity index (χ2v) is 11.6. The number of sulfonamides is 1. The highest BCUT2D eigenvalue weighted by atomic mass is 32.2. The van der Waals surface area contributed by atoms with Gasteiger partial charge in [0.1, 0.15) is 6.10 Å². The van der Waals surface area contributed by atoms with Gasteiger partial charge in [0.15, 0.2) is 0 Å². The van der Waals surface area contributed by atoms with Crippen LogP contribution in [0.2, 0.25) is 0 Å². The number of ether oxygens (including phenoxy) is 2. The maximum atomic E-state index is 11.9. The van der Waals surface area contributed by atoms with Crippen LogP contribution in [0.1, 0.15) is 56.4 Å². The molecular weight excluding hydrogens is 458 g/mol. The lowest BCUT2D eigenvalue weighted by atomic mass is 9.83. The quantitative estimate of drug-likeness (QED) is 0.624. The van der Waals surface area contributed by atoms with Gasteiger partial charge in [-0.25, -0.2) is 27.7 Å². The molecule has 11 heteroatoms. The zero-order chi connectivity index (χ0) is 23.7. The molecule has 186 valence electrons. The second kappa shape index (κ2) is 9.88. The van der Waals surface area contributed by atoms with Crippen LogP contribution >= 0.6 is 0 Å². The van der Waals surface area contributed by atoms with Gasteiger partial charge in [0.25, 0.3) is 0 Å². The van der Waals surface area contributed by atoms with Gasteiger partial charge in [0.05, 0.1) is 36.5 Å². The van der Waals surface area contributed by atoms with Gasteiger partial charge in [-0.15, -0.1) is 0 Å². The molecule has 2 N–H and O–H groups in total. The van der Waals surface area contributed by atoms with Gasteiger partial charge in [-0.05, 0) is 38.0 Å². The molecule has 2 aromatic rings. The van der Waals surface area contributed by atoms with Crippen molar-refractivity contribution in [3.8, 4) is 5.88 Å². The molecule has 0 aromatic carbocycles. The molecule has 2 aromatic heterocycles. The molecule has 34 heavy (non-hydrogen) atoms. The lowest BCUT2D eigenvalue weighted by Gasteiger charge is -2.27. The van der Waals surface area contributed by atoms with Crippen LogP contribution < -0.4 is 10.1 Å². The zero-order valence-electron chi connectivity index (χ0n) is 19.5. The SMILES string of the molecule is CS(=O)(=O)N1CCC(Nc2ncc3c(OC4CCOCC4)ncc(C4CCC(O)CC4)c3n2)C1. The Morgan fingerprint density at radius 2 is 1.85 bits per heavy atom. The number of hydrogen-bond donors (Lipinski definition) is 2. The van der Waals surface area contributed by atoms with Crippen molar-refractivity contribution < 1.29 is 23.0 Å². The summed E-state index contributed by atoms with van der Waals surface area (Å²) < 4.78 is 36.9. The van der Waals surface area contributed by atoms with E-state index in [1.807, 2.05) is 6.20 Å². The largest absolute Gasteiger partial charge is 0.474 e. The second-order valence-electron chi connectivity index (χ2n) is 9.66. The Hall–Kier alpha value is -2.08. The van der Waals surface area contributed by atoms with Crippen LogP contribution in [-0.2, 0) is 14.8 Å². The van der Waals surface area contributed by atoms with Crippen molar-refractivity contribution in [3.63, 3.8) is 0 Å². The zero-order valence-corrected chi connectivity index (χ0v) is 20.3. The van der Waals surface area contributed by atoms with Gasteiger partial charge in [0.2, 0.25) is 21.9 Å². The van der Waals surface area contributed by atoms with E-state index in [1.54, 1.807) is 6.20 Å². The van der Waals surface area contributed by atoms with E-state index in [4.69, 9.17) is 14.5 Å². The molecule has 0 amide bonds. The van der Waals surface area contributed by atoms with Gasteiger partial charge in [0, 0.05) is 49.9 Å². The molecule has 1 saturated carbocycles. The third kappa shape index (κ3) is 5.27. The van der Waals surface area contributed by atoms with E-state index in [9.17, 15) is 13.5 Å². The number of hydrogen-bond acceptors (Lipinski definition) is 9. The Morgan fingerprint density at radius 3 is 2.56 bits per heavy atom. The smallest absolute Gasteiger partial charge is 0.224 e. The minimum absolute atomic E-state index is 0.0414. The van der Waals surface area contributed by atoms with Crippen LogP contribution in [0.5, 0.6) is 5.88 Å². The molecule has 0 radical (unpaired) electrons. The van der Waals surface area contributed by atoms with E-state index in [1.165, 1.54) is 10.6 Å². The number of fused-ring (bicyclic) bond motifs is 1. The van der Waals surface area contributed by atoms with Crippen LogP contribution in [0.15, 0.2) is 12.4 Å². The van der Waals surface area contributed by atoms with E-state index in [-0.39, 0.29) is 24.2 Å². The van der Waals surface area contributed by atoms with Crippen molar-refractivity contribution in [2.75, 3.05) is 37.9 Å². The number of rotatable bonds is 6. The summed E-state index contributed by atoms with van der Waals surface area (Å²) in [5, 5.41) is 14.1. The molecule has 4 heterocycles. The summed E-state index contributed by atoms with van der Waals surface area (Å²) in [6.45, 7) is 2.26. The van der Waals surface area contributed by atoms with Crippen LogP contribution in [0.25, 0.3) is 10.9 Å². The van der Waals surface area contributed by atoms with E-state index >= 15 is 0 Å². The number of aliphatic hydroxyl groups is 1. The van der Waals surface area contributed by atoms with E-state index in [2.05, 4.69) is 15.3 Å². The van der Waals surface area contributed by atoms with E-state index in [0.29, 0.717) is 44.6 Å². The fourth-order valence-corrected chi connectivity index (χ4v) is 6.04. The first-order valence-corrected chi connectivity index (χ1v) is 14.0. The highest BCUT2D eigenvalue weighted by Crippen LogP contribution is 2.38. The fourth-order valence-electron chi connectivity index (χ4n) is 5.15. The molecule has 10 nitrogen and oxygen atoms in total. The van der Waals surface area contributed by atoms with Gasteiger partial charge in [-0.3, -0.25) is 0 Å². The first-order chi connectivity index (χ1) is 16.4. The van der Waals surface area contributed by atoms with Crippen molar-refractivity contribution in [3.05, 3.63) is 18.0 Å². The van der Waals surface area contributed by atoms with E-state index < -0.39 is 10.0 Å². The Balaban J connectivity index is 1.43. The number of pyridine rings is 1. The Morgan fingerprint density at radius 1 is 1.09 bits per heavy atom. The van der Waals surface area contributed by atoms with Crippen LogP contribution in [0.3, 0.4) is 0 Å². The highest BCUT2D eigenvalue weighted by Gasteiger charge is 2.30. The standard InChI is InChI=1S/C23H33N5O5S/c1-34(30,31)28-9-6-16(14-28)26-23-25-13-20-21(27-23)19(15-2-4-17(29)5-3-15)12-24-22(20)33-18-7-10-32-11-8-18/h12-13,15-18,29H,2-11,14H2,1H3,(H,25,26,27). The summed E-state index contributed by atoms with van der Waals surface area (Å²) in [5.41, 5.74) is 1.87. The van der Waals surface area contributed by atoms with Crippen molar-refractivity contribution in [1.82, 2.24) is 19.3 Å². The molecule has 2 aliphatic heterocycles. The van der Waals surface area contributed by atoms with Crippen LogP contribution in [0.4, 0.5) is 5.95 Å². The molecule has 1 unspecified atom stereocenters. The first-order valence-electron chi connectivity index (χ1n) is 12.2. The fraction of sp³-hybridized carbons (Fsp3) is 0.696. The number of anilines is 1. The number of aromatic nitrogens is 3. The molecular formula is C23H33N5O5S. The molecule has 0 bridgehead atoms. The Bertz CT molecular complexity index is 1120. The van der Waals surface area contributed by atoms with Gasteiger partial charge in [-0.1, -0.05) is 0 Å². The topological polar surface area (TPSA) is 127 Å². The molecule has 3 aliphatic rings. The maximum Gasteiger partial charge on any atom is 0.224 e. The molecule has 1 atom stereocenters. The van der Waals surface area contributed by atoms with Crippen molar-refractivity contribution in [1.29, 1.82) is 0 Å². The highest BCUT2D eigenvalue weighted by molar-refractivity contribution is 7.88. The average Bonchev–Trinajstić information content (AvgIpc) is 3.30. The van der Waals surface area contributed by atoms with E-state index in [0.717, 1.165) is 55.0 Å². The summed E-state index contributed by atoms with van der Waals surface area (Å²) >= 11 is 0. The average molecular weight is 492 g/mol. The predicted octanol–water partition coefficient (Wildman–Crippen LogP) is 2.05. The predicted molar refractivity (Wildman–Crippen MR) is 127 cm³/mol. The number of aliphatic hydroxyl groups excluding tert-OH is 1. The summed E-state index contributed by atoms with van der Waals surface area (Å²) in [4.78, 5) is 14.1. The third-order valence-corrected chi connectivity index (χ3v) is 8.42. The monoisotopic (exact) mass is 491 g/mol. The molecule has 5 rings (SSSR count). The number of nitrogens with one attached hydrogen (secondary N) is 1. The molecule has 2 saturated heterocycles. The Kier molecular flexibility index (Phi) is 6.88. The lowest BCUT2D eigenvalue weighted by Crippen LogP contribution is -2.31. The third-order valence-electron chi connectivity index (χ3n) is 7.15. The summed E-state index contributed by atoms with van der Waals surface area (Å²) in [6, 6.07) is -0.0414. The first kappa shape index (κ1) is 23.7. The van der Waals surface area contributed by atoms with Crippen LogP contribution in [-0.4, -0.2) is 83.6 Å². The molecule has 3 fully saturated rings. The van der Waals surface area contributed by atoms with Gasteiger partial charge >= 0.3 is 0 Å².